The molecular weight excluding hydrogens is 416 g/mol. The maximum Gasteiger partial charge on any atom is 0.240 e. The van der Waals surface area contributed by atoms with Gasteiger partial charge in [-0.05, 0) is 67.9 Å². The molecule has 1 aliphatic heterocycles. The molecule has 2 aromatic carbocycles. The highest BCUT2D eigenvalue weighted by molar-refractivity contribution is 9.10. The molecular formula is C19H23BrN2O3S. The predicted molar refractivity (Wildman–Crippen MR) is 106 cm³/mol. The Bertz CT molecular complexity index is 817. The Balaban J connectivity index is 1.78. The molecule has 0 aliphatic carbocycles. The summed E-state index contributed by atoms with van der Waals surface area (Å²) in [5, 5.41) is 0. The first kappa shape index (κ1) is 19.4. The number of sulfonamides is 1. The van der Waals surface area contributed by atoms with Crippen molar-refractivity contribution in [1.29, 1.82) is 0 Å². The highest BCUT2D eigenvalue weighted by atomic mass is 79.9. The first-order valence-electron chi connectivity index (χ1n) is 8.63. The molecule has 1 fully saturated rings. The molecule has 0 radical (unpaired) electrons. The highest BCUT2D eigenvalue weighted by Gasteiger charge is 2.25. The van der Waals surface area contributed by atoms with Crippen LogP contribution in [0.2, 0.25) is 0 Å². The van der Waals surface area contributed by atoms with Gasteiger partial charge in [0.2, 0.25) is 10.0 Å². The van der Waals surface area contributed by atoms with E-state index in [1.165, 1.54) is 0 Å². The summed E-state index contributed by atoms with van der Waals surface area (Å²) in [6.45, 7) is 2.30. The SMILES string of the molecule is COc1ccc([C@@H](CNS(=O)(=O)c2ccc(Br)cc2)N2CCCC2)cc1. The second-order valence-electron chi connectivity index (χ2n) is 6.34. The molecule has 0 saturated carbocycles. The van der Waals surface area contributed by atoms with E-state index in [0.29, 0.717) is 6.54 Å². The molecule has 5 nitrogen and oxygen atoms in total. The third-order valence-corrected chi connectivity index (χ3v) is 6.64. The molecule has 0 aromatic heterocycles. The summed E-state index contributed by atoms with van der Waals surface area (Å²) in [5.41, 5.74) is 1.09. The first-order chi connectivity index (χ1) is 12.5. The summed E-state index contributed by atoms with van der Waals surface area (Å²) in [5.74, 6) is 0.796. The fourth-order valence-corrected chi connectivity index (χ4v) is 4.53. The van der Waals surface area contributed by atoms with Crippen LogP contribution in [0.5, 0.6) is 5.75 Å². The van der Waals surface area contributed by atoms with Crippen molar-refractivity contribution in [3.8, 4) is 5.75 Å². The van der Waals surface area contributed by atoms with Crippen LogP contribution in [0.1, 0.15) is 24.4 Å². The zero-order valence-corrected chi connectivity index (χ0v) is 17.1. The van der Waals surface area contributed by atoms with Gasteiger partial charge in [0.25, 0.3) is 0 Å². The van der Waals surface area contributed by atoms with Crippen molar-refractivity contribution < 1.29 is 13.2 Å². The van der Waals surface area contributed by atoms with Crippen LogP contribution in [-0.4, -0.2) is 40.1 Å². The average molecular weight is 439 g/mol. The van der Waals surface area contributed by atoms with E-state index < -0.39 is 10.0 Å². The van der Waals surface area contributed by atoms with Gasteiger partial charge in [-0.25, -0.2) is 13.1 Å². The van der Waals surface area contributed by atoms with Crippen molar-refractivity contribution in [3.63, 3.8) is 0 Å². The Labute approximate surface area is 163 Å². The van der Waals surface area contributed by atoms with Gasteiger partial charge < -0.3 is 4.74 Å². The molecule has 26 heavy (non-hydrogen) atoms. The lowest BCUT2D eigenvalue weighted by atomic mass is 10.1. The van der Waals surface area contributed by atoms with Crippen LogP contribution in [0.4, 0.5) is 0 Å². The second kappa shape index (κ2) is 8.52. The number of ether oxygens (including phenoxy) is 1. The number of rotatable bonds is 7. The van der Waals surface area contributed by atoms with E-state index >= 15 is 0 Å². The molecule has 0 unspecified atom stereocenters. The number of benzene rings is 2. The molecule has 0 bridgehead atoms. The van der Waals surface area contributed by atoms with Crippen LogP contribution in [-0.2, 0) is 10.0 Å². The van der Waals surface area contributed by atoms with Gasteiger partial charge in [-0.2, -0.15) is 0 Å². The molecule has 3 rings (SSSR count). The van der Waals surface area contributed by atoms with Crippen LogP contribution < -0.4 is 9.46 Å². The minimum atomic E-state index is -3.54. The minimum Gasteiger partial charge on any atom is -0.497 e. The highest BCUT2D eigenvalue weighted by Crippen LogP contribution is 2.27. The third-order valence-electron chi connectivity index (χ3n) is 4.67. The number of hydrogen-bond acceptors (Lipinski definition) is 4. The number of hydrogen-bond donors (Lipinski definition) is 1. The van der Waals surface area contributed by atoms with E-state index in [0.717, 1.165) is 41.7 Å². The zero-order chi connectivity index (χ0) is 18.6. The molecule has 2 aromatic rings. The Morgan fingerprint density at radius 3 is 2.27 bits per heavy atom. The van der Waals surface area contributed by atoms with Gasteiger partial charge in [0.1, 0.15) is 5.75 Å². The van der Waals surface area contributed by atoms with Gasteiger partial charge in [-0.3, -0.25) is 4.90 Å². The van der Waals surface area contributed by atoms with Gasteiger partial charge in [0.05, 0.1) is 12.0 Å². The maximum absolute atomic E-state index is 12.6. The molecule has 0 amide bonds. The number of likely N-dealkylation sites (tertiary alicyclic amines) is 1. The van der Waals surface area contributed by atoms with E-state index in [2.05, 4.69) is 25.6 Å². The van der Waals surface area contributed by atoms with Crippen LogP contribution in [0, 0.1) is 0 Å². The lowest BCUT2D eigenvalue weighted by Gasteiger charge is -2.28. The van der Waals surface area contributed by atoms with E-state index in [-0.39, 0.29) is 10.9 Å². The molecule has 1 N–H and O–H groups in total. The van der Waals surface area contributed by atoms with Crippen molar-refractivity contribution in [2.75, 3.05) is 26.7 Å². The summed E-state index contributed by atoms with van der Waals surface area (Å²) in [6, 6.07) is 14.5. The van der Waals surface area contributed by atoms with Crippen LogP contribution in [0.3, 0.4) is 0 Å². The lowest BCUT2D eigenvalue weighted by molar-refractivity contribution is 0.246. The summed E-state index contributed by atoms with van der Waals surface area (Å²) >= 11 is 3.33. The smallest absolute Gasteiger partial charge is 0.240 e. The number of methoxy groups -OCH3 is 1. The summed E-state index contributed by atoms with van der Waals surface area (Å²) in [6.07, 6.45) is 2.29. The topological polar surface area (TPSA) is 58.6 Å². The van der Waals surface area contributed by atoms with Crippen LogP contribution >= 0.6 is 15.9 Å². The second-order valence-corrected chi connectivity index (χ2v) is 9.02. The normalized spacial score (nSPS) is 16.5. The van der Waals surface area contributed by atoms with Crippen LogP contribution in [0.15, 0.2) is 57.9 Å². The monoisotopic (exact) mass is 438 g/mol. The summed E-state index contributed by atoms with van der Waals surface area (Å²) in [4.78, 5) is 2.61. The predicted octanol–water partition coefficient (Wildman–Crippen LogP) is 3.57. The van der Waals surface area contributed by atoms with Gasteiger partial charge in [0.15, 0.2) is 0 Å². The van der Waals surface area contributed by atoms with Gasteiger partial charge >= 0.3 is 0 Å². The standard InChI is InChI=1S/C19H23BrN2O3S/c1-25-17-8-4-15(5-9-17)19(22-12-2-3-13-22)14-21-26(23,24)18-10-6-16(20)7-11-18/h4-11,19,21H,2-3,12-14H2,1H3/t19-/m1/s1. The Kier molecular flexibility index (Phi) is 6.34. The number of halogens is 1. The van der Waals surface area contributed by atoms with E-state index in [1.54, 1.807) is 31.4 Å². The molecule has 140 valence electrons. The third kappa shape index (κ3) is 4.65. The van der Waals surface area contributed by atoms with E-state index in [4.69, 9.17) is 4.74 Å². The molecule has 1 heterocycles. The Morgan fingerprint density at radius 1 is 1.08 bits per heavy atom. The maximum atomic E-state index is 12.6. The summed E-state index contributed by atoms with van der Waals surface area (Å²) in [7, 11) is -1.91. The van der Waals surface area contributed by atoms with Gasteiger partial charge in [-0.1, -0.05) is 28.1 Å². The van der Waals surface area contributed by atoms with E-state index in [1.807, 2.05) is 24.3 Å². The average Bonchev–Trinajstić information content (AvgIpc) is 3.17. The van der Waals surface area contributed by atoms with Crippen molar-refractivity contribution in [2.45, 2.75) is 23.8 Å². The van der Waals surface area contributed by atoms with Crippen molar-refractivity contribution in [3.05, 3.63) is 58.6 Å². The summed E-state index contributed by atoms with van der Waals surface area (Å²) < 4.78 is 34.1. The Morgan fingerprint density at radius 2 is 1.69 bits per heavy atom. The van der Waals surface area contributed by atoms with Gasteiger partial charge in [0, 0.05) is 17.1 Å². The fraction of sp³-hybridized carbons (Fsp3) is 0.368. The quantitative estimate of drug-likeness (QED) is 0.717. The molecule has 7 heteroatoms. The largest absolute Gasteiger partial charge is 0.497 e. The lowest BCUT2D eigenvalue weighted by Crippen LogP contribution is -2.36. The minimum absolute atomic E-state index is 0.00799. The van der Waals surface area contributed by atoms with Crippen molar-refractivity contribution >= 4 is 26.0 Å². The number of nitrogens with zero attached hydrogens (tertiary/aromatic N) is 1. The molecule has 0 spiro atoms. The van der Waals surface area contributed by atoms with E-state index in [9.17, 15) is 8.42 Å². The number of nitrogens with one attached hydrogen (secondary N) is 1. The zero-order valence-electron chi connectivity index (χ0n) is 14.7. The molecule has 1 aliphatic rings. The molecule has 1 atom stereocenters. The van der Waals surface area contributed by atoms with Crippen molar-refractivity contribution in [1.82, 2.24) is 9.62 Å². The fourth-order valence-electron chi connectivity index (χ4n) is 3.22. The Hall–Kier alpha value is -1.41. The molecule has 1 saturated heterocycles. The van der Waals surface area contributed by atoms with Gasteiger partial charge in [-0.15, -0.1) is 0 Å². The van der Waals surface area contributed by atoms with Crippen molar-refractivity contribution in [2.24, 2.45) is 0 Å². The first-order valence-corrected chi connectivity index (χ1v) is 10.9. The van der Waals surface area contributed by atoms with Crippen LogP contribution in [0.25, 0.3) is 0 Å².